The molecular weight excluding hydrogens is 216 g/mol. The van der Waals surface area contributed by atoms with E-state index in [0.717, 1.165) is 38.6 Å². The highest BCUT2D eigenvalue weighted by Gasteiger charge is 2.45. The van der Waals surface area contributed by atoms with E-state index in [2.05, 4.69) is 17.6 Å². The van der Waals surface area contributed by atoms with Gasteiger partial charge in [-0.15, -0.1) is 0 Å². The highest BCUT2D eigenvalue weighted by Crippen LogP contribution is 2.35. The molecule has 0 spiro atoms. The molecule has 4 heteroatoms. The third-order valence-electron chi connectivity index (χ3n) is 4.70. The first-order valence-corrected chi connectivity index (χ1v) is 6.95. The van der Waals surface area contributed by atoms with Crippen molar-refractivity contribution in [3.05, 3.63) is 0 Å². The monoisotopic (exact) mass is 238 g/mol. The molecule has 3 aliphatic heterocycles. The van der Waals surface area contributed by atoms with E-state index in [9.17, 15) is 4.79 Å². The molecule has 3 heterocycles. The van der Waals surface area contributed by atoms with E-state index >= 15 is 0 Å². The van der Waals surface area contributed by atoms with E-state index in [1.807, 2.05) is 0 Å². The minimum atomic E-state index is -0.304. The summed E-state index contributed by atoms with van der Waals surface area (Å²) >= 11 is 0. The van der Waals surface area contributed by atoms with Crippen LogP contribution in [0.15, 0.2) is 0 Å². The zero-order valence-electron chi connectivity index (χ0n) is 10.5. The number of hydrogen-bond acceptors (Lipinski definition) is 3. The molecule has 3 saturated heterocycles. The van der Waals surface area contributed by atoms with Gasteiger partial charge in [0.1, 0.15) is 0 Å². The molecule has 0 aromatic carbocycles. The maximum absolute atomic E-state index is 12.4. The summed E-state index contributed by atoms with van der Waals surface area (Å²) in [6, 6.07) is 0.257. The summed E-state index contributed by atoms with van der Waals surface area (Å²) < 4.78 is 5.78. The first-order valence-electron chi connectivity index (χ1n) is 6.95. The van der Waals surface area contributed by atoms with E-state index in [1.54, 1.807) is 0 Å². The van der Waals surface area contributed by atoms with Crippen LogP contribution >= 0.6 is 0 Å². The van der Waals surface area contributed by atoms with E-state index in [1.165, 1.54) is 6.42 Å². The van der Waals surface area contributed by atoms with Gasteiger partial charge in [0.25, 0.3) is 0 Å². The second-order valence-corrected chi connectivity index (χ2v) is 5.66. The van der Waals surface area contributed by atoms with Crippen molar-refractivity contribution in [2.75, 3.05) is 6.54 Å². The molecule has 17 heavy (non-hydrogen) atoms. The number of hydrogen-bond donors (Lipinski definition) is 2. The van der Waals surface area contributed by atoms with Crippen LogP contribution in [-0.2, 0) is 9.53 Å². The van der Waals surface area contributed by atoms with Crippen LogP contribution in [0.1, 0.15) is 45.4 Å². The zero-order chi connectivity index (χ0) is 11.9. The number of rotatable bonds is 3. The topological polar surface area (TPSA) is 50.4 Å². The smallest absolute Gasteiger partial charge is 0.240 e. The summed E-state index contributed by atoms with van der Waals surface area (Å²) in [6.07, 6.45) is 6.93. The number of amides is 1. The summed E-state index contributed by atoms with van der Waals surface area (Å²) in [5.74, 6) is 0.193. The van der Waals surface area contributed by atoms with E-state index < -0.39 is 0 Å². The molecule has 0 aliphatic carbocycles. The summed E-state index contributed by atoms with van der Waals surface area (Å²) in [7, 11) is 0. The van der Waals surface area contributed by atoms with Crippen LogP contribution in [0.4, 0.5) is 0 Å². The van der Waals surface area contributed by atoms with Crippen molar-refractivity contribution in [3.8, 4) is 0 Å². The third-order valence-corrected chi connectivity index (χ3v) is 4.70. The van der Waals surface area contributed by atoms with Crippen molar-refractivity contribution in [3.63, 3.8) is 0 Å². The molecule has 1 amide bonds. The first kappa shape index (κ1) is 11.5. The minimum absolute atomic E-state index is 0.193. The van der Waals surface area contributed by atoms with E-state index in [-0.39, 0.29) is 23.6 Å². The minimum Gasteiger partial charge on any atom is -0.373 e. The van der Waals surface area contributed by atoms with Gasteiger partial charge >= 0.3 is 0 Å². The van der Waals surface area contributed by atoms with Crippen molar-refractivity contribution in [1.82, 2.24) is 10.6 Å². The molecule has 4 atom stereocenters. The Hall–Kier alpha value is -0.610. The average molecular weight is 238 g/mol. The molecule has 2 bridgehead atoms. The molecule has 4 unspecified atom stereocenters. The largest absolute Gasteiger partial charge is 0.373 e. The Morgan fingerprint density at radius 1 is 1.53 bits per heavy atom. The average Bonchev–Trinajstić information content (AvgIpc) is 3.05. The standard InChI is InChI=1S/C13H22N2O2/c1-2-13(6-3-7-14-13)12(16)15-10-8-9-4-5-11(10)17-9/h9-11,14H,2-8H2,1H3,(H,15,16). The van der Waals surface area contributed by atoms with Crippen molar-refractivity contribution in [1.29, 1.82) is 0 Å². The Labute approximate surface area is 102 Å². The highest BCUT2D eigenvalue weighted by atomic mass is 16.5. The van der Waals surface area contributed by atoms with Crippen LogP contribution in [0.3, 0.4) is 0 Å². The Kier molecular flexibility index (Phi) is 2.87. The second-order valence-electron chi connectivity index (χ2n) is 5.66. The van der Waals surface area contributed by atoms with Crippen LogP contribution in [0, 0.1) is 0 Å². The molecule has 0 saturated carbocycles. The Balaban J connectivity index is 1.63. The summed E-state index contributed by atoms with van der Waals surface area (Å²) in [5.41, 5.74) is -0.304. The normalized spacial score (nSPS) is 44.2. The quantitative estimate of drug-likeness (QED) is 0.770. The van der Waals surface area contributed by atoms with Gasteiger partial charge < -0.3 is 15.4 Å². The van der Waals surface area contributed by atoms with Gasteiger partial charge in [0, 0.05) is 0 Å². The first-order chi connectivity index (χ1) is 8.23. The summed E-state index contributed by atoms with van der Waals surface area (Å²) in [5, 5.41) is 6.60. The Morgan fingerprint density at radius 2 is 2.41 bits per heavy atom. The van der Waals surface area contributed by atoms with Crippen LogP contribution < -0.4 is 10.6 Å². The van der Waals surface area contributed by atoms with Crippen LogP contribution in [-0.4, -0.2) is 36.2 Å². The number of carbonyl (C=O) groups is 1. The molecule has 4 nitrogen and oxygen atoms in total. The molecule has 0 aromatic rings. The molecule has 3 aliphatic rings. The lowest BCUT2D eigenvalue weighted by atomic mass is 9.90. The van der Waals surface area contributed by atoms with Crippen molar-refractivity contribution in [2.45, 2.75) is 69.2 Å². The predicted octanol–water partition coefficient (Wildman–Crippen LogP) is 0.955. The molecule has 2 N–H and O–H groups in total. The van der Waals surface area contributed by atoms with Crippen molar-refractivity contribution >= 4 is 5.91 Å². The highest BCUT2D eigenvalue weighted by molar-refractivity contribution is 5.87. The number of nitrogens with one attached hydrogen (secondary N) is 2. The second kappa shape index (κ2) is 4.25. The zero-order valence-corrected chi connectivity index (χ0v) is 10.5. The fourth-order valence-corrected chi connectivity index (χ4v) is 3.56. The molecule has 3 rings (SSSR count). The lowest BCUT2D eigenvalue weighted by Crippen LogP contribution is -2.56. The molecule has 96 valence electrons. The van der Waals surface area contributed by atoms with Gasteiger partial charge in [-0.05, 0) is 45.1 Å². The van der Waals surface area contributed by atoms with Gasteiger partial charge in [0.15, 0.2) is 0 Å². The van der Waals surface area contributed by atoms with Gasteiger partial charge in [-0.25, -0.2) is 0 Å². The van der Waals surface area contributed by atoms with E-state index in [4.69, 9.17) is 4.74 Å². The van der Waals surface area contributed by atoms with Gasteiger partial charge in [-0.3, -0.25) is 4.79 Å². The van der Waals surface area contributed by atoms with Gasteiger partial charge in [-0.2, -0.15) is 0 Å². The number of fused-ring (bicyclic) bond motifs is 2. The van der Waals surface area contributed by atoms with Gasteiger partial charge in [-0.1, -0.05) is 6.92 Å². The predicted molar refractivity (Wildman–Crippen MR) is 64.7 cm³/mol. The van der Waals surface area contributed by atoms with E-state index in [0.29, 0.717) is 6.10 Å². The summed E-state index contributed by atoms with van der Waals surface area (Å²) in [6.45, 7) is 3.06. The Morgan fingerprint density at radius 3 is 2.94 bits per heavy atom. The van der Waals surface area contributed by atoms with Crippen LogP contribution in [0.2, 0.25) is 0 Å². The lowest BCUT2D eigenvalue weighted by Gasteiger charge is -2.30. The maximum Gasteiger partial charge on any atom is 0.240 e. The number of ether oxygens (including phenoxy) is 1. The molecular formula is C13H22N2O2. The van der Waals surface area contributed by atoms with Crippen LogP contribution in [0.25, 0.3) is 0 Å². The van der Waals surface area contributed by atoms with Gasteiger partial charge in [0.2, 0.25) is 5.91 Å². The lowest BCUT2D eigenvalue weighted by molar-refractivity contribution is -0.128. The number of carbonyl (C=O) groups excluding carboxylic acids is 1. The Bertz CT molecular complexity index is 313. The molecule has 0 aromatic heterocycles. The molecule has 0 radical (unpaired) electrons. The van der Waals surface area contributed by atoms with Crippen molar-refractivity contribution in [2.24, 2.45) is 0 Å². The van der Waals surface area contributed by atoms with Gasteiger partial charge in [0.05, 0.1) is 23.8 Å². The van der Waals surface area contributed by atoms with Crippen molar-refractivity contribution < 1.29 is 9.53 Å². The maximum atomic E-state index is 12.4. The fourth-order valence-electron chi connectivity index (χ4n) is 3.56. The fraction of sp³-hybridized carbons (Fsp3) is 0.923. The molecule has 3 fully saturated rings. The van der Waals surface area contributed by atoms with Crippen LogP contribution in [0.5, 0.6) is 0 Å². The third kappa shape index (κ3) is 1.87. The summed E-state index contributed by atoms with van der Waals surface area (Å²) in [4.78, 5) is 12.4. The SMILES string of the molecule is CCC1(C(=O)NC2CC3CCC2O3)CCCN1.